The third-order valence-corrected chi connectivity index (χ3v) is 3.86. The van der Waals surface area contributed by atoms with E-state index in [-0.39, 0.29) is 12.8 Å². The van der Waals surface area contributed by atoms with Gasteiger partial charge in [0.25, 0.3) is 0 Å². The summed E-state index contributed by atoms with van der Waals surface area (Å²) in [6.07, 6.45) is 1.69. The lowest BCUT2D eigenvalue weighted by Gasteiger charge is -2.09. The van der Waals surface area contributed by atoms with Crippen LogP contribution in [0.5, 0.6) is 17.2 Å². The van der Waals surface area contributed by atoms with Crippen LogP contribution < -0.4 is 14.2 Å². The van der Waals surface area contributed by atoms with Crippen molar-refractivity contribution >= 4 is 17.9 Å². The maximum atomic E-state index is 11.8. The first-order valence-corrected chi connectivity index (χ1v) is 7.92. The molecule has 1 aliphatic rings. The van der Waals surface area contributed by atoms with E-state index in [0.717, 1.165) is 11.1 Å². The number of aliphatic imine (C=N–C) groups is 1. The van der Waals surface area contributed by atoms with Crippen molar-refractivity contribution in [3.63, 3.8) is 0 Å². The molecule has 0 spiro atoms. The van der Waals surface area contributed by atoms with E-state index in [1.807, 2.05) is 26.0 Å². The normalized spacial score (nSPS) is 12.4. The summed E-state index contributed by atoms with van der Waals surface area (Å²) in [5.74, 6) is 1.60. The van der Waals surface area contributed by atoms with Crippen LogP contribution in [-0.2, 0) is 4.74 Å². The molecule has 0 saturated heterocycles. The molecule has 0 saturated carbocycles. The van der Waals surface area contributed by atoms with Crippen molar-refractivity contribution in [3.05, 3.63) is 47.0 Å². The number of benzene rings is 2. The fourth-order valence-electron chi connectivity index (χ4n) is 2.55. The number of methoxy groups -OCH3 is 1. The van der Waals surface area contributed by atoms with E-state index in [0.29, 0.717) is 35.1 Å². The van der Waals surface area contributed by atoms with Gasteiger partial charge in [0, 0.05) is 17.8 Å². The van der Waals surface area contributed by atoms with Crippen LogP contribution >= 0.6 is 0 Å². The molecule has 6 nitrogen and oxygen atoms in total. The van der Waals surface area contributed by atoms with Crippen LogP contribution in [0.25, 0.3) is 0 Å². The van der Waals surface area contributed by atoms with Crippen molar-refractivity contribution in [2.75, 3.05) is 20.5 Å². The van der Waals surface area contributed by atoms with Gasteiger partial charge in [0.1, 0.15) is 5.75 Å². The highest BCUT2D eigenvalue weighted by atomic mass is 16.7. The van der Waals surface area contributed by atoms with E-state index >= 15 is 0 Å². The summed E-state index contributed by atoms with van der Waals surface area (Å²) >= 11 is 0. The van der Waals surface area contributed by atoms with Gasteiger partial charge in [-0.3, -0.25) is 4.99 Å². The molecule has 0 aliphatic carbocycles. The van der Waals surface area contributed by atoms with Gasteiger partial charge in [-0.1, -0.05) is 6.07 Å². The number of ether oxygens (including phenoxy) is 4. The molecule has 2 aromatic carbocycles. The van der Waals surface area contributed by atoms with Crippen molar-refractivity contribution in [2.24, 2.45) is 4.99 Å². The van der Waals surface area contributed by atoms with Gasteiger partial charge in [0.2, 0.25) is 6.79 Å². The lowest BCUT2D eigenvalue weighted by Crippen LogP contribution is -2.03. The number of hydrogen-bond acceptors (Lipinski definition) is 6. The van der Waals surface area contributed by atoms with E-state index in [9.17, 15) is 4.79 Å². The maximum Gasteiger partial charge on any atom is 0.338 e. The summed E-state index contributed by atoms with van der Waals surface area (Å²) in [6, 6.07) is 8.95. The number of carbonyl (C=O) groups excluding carboxylic acids is 1. The molecule has 6 heteroatoms. The Morgan fingerprint density at radius 3 is 2.76 bits per heavy atom. The first-order chi connectivity index (χ1) is 12.1. The number of esters is 1. The predicted molar refractivity (Wildman–Crippen MR) is 93.5 cm³/mol. The van der Waals surface area contributed by atoms with Crippen molar-refractivity contribution in [3.8, 4) is 17.2 Å². The van der Waals surface area contributed by atoms with Crippen molar-refractivity contribution in [1.29, 1.82) is 0 Å². The summed E-state index contributed by atoms with van der Waals surface area (Å²) in [4.78, 5) is 16.3. The average molecular weight is 341 g/mol. The topological polar surface area (TPSA) is 66.4 Å². The highest BCUT2D eigenvalue weighted by molar-refractivity contribution is 5.93. The van der Waals surface area contributed by atoms with Crippen molar-refractivity contribution in [2.45, 2.75) is 13.8 Å². The van der Waals surface area contributed by atoms with Crippen molar-refractivity contribution in [1.82, 2.24) is 0 Å². The molecule has 0 radical (unpaired) electrons. The molecule has 130 valence electrons. The number of fused-ring (bicyclic) bond motifs is 1. The Morgan fingerprint density at radius 2 is 2.04 bits per heavy atom. The molecule has 0 fully saturated rings. The minimum absolute atomic E-state index is 0.196. The average Bonchev–Trinajstić information content (AvgIpc) is 3.07. The maximum absolute atomic E-state index is 11.8. The van der Waals surface area contributed by atoms with Crippen LogP contribution in [0, 0.1) is 6.92 Å². The first kappa shape index (κ1) is 16.8. The van der Waals surface area contributed by atoms with Crippen LogP contribution in [0.2, 0.25) is 0 Å². The molecule has 2 aromatic rings. The monoisotopic (exact) mass is 341 g/mol. The summed E-state index contributed by atoms with van der Waals surface area (Å²) < 4.78 is 21.2. The number of rotatable bonds is 5. The summed E-state index contributed by atoms with van der Waals surface area (Å²) in [5.41, 5.74) is 2.70. The Balaban J connectivity index is 1.96. The molecule has 0 bridgehead atoms. The van der Waals surface area contributed by atoms with Gasteiger partial charge >= 0.3 is 5.97 Å². The minimum Gasteiger partial charge on any atom is -0.493 e. The second kappa shape index (κ2) is 7.25. The Morgan fingerprint density at radius 1 is 1.28 bits per heavy atom. The molecular formula is C19H19NO5. The quantitative estimate of drug-likeness (QED) is 0.613. The van der Waals surface area contributed by atoms with E-state index in [1.54, 1.807) is 24.4 Å². The van der Waals surface area contributed by atoms with Crippen LogP contribution in [0.1, 0.15) is 28.4 Å². The molecule has 0 atom stereocenters. The van der Waals surface area contributed by atoms with Gasteiger partial charge < -0.3 is 18.9 Å². The van der Waals surface area contributed by atoms with Gasteiger partial charge in [-0.2, -0.15) is 0 Å². The van der Waals surface area contributed by atoms with E-state index in [2.05, 4.69) is 4.99 Å². The largest absolute Gasteiger partial charge is 0.493 e. The van der Waals surface area contributed by atoms with Gasteiger partial charge in [-0.15, -0.1) is 0 Å². The lowest BCUT2D eigenvalue weighted by atomic mass is 10.1. The van der Waals surface area contributed by atoms with E-state index in [1.165, 1.54) is 7.11 Å². The lowest BCUT2D eigenvalue weighted by molar-refractivity contribution is 0.0600. The molecule has 0 N–H and O–H groups in total. The highest BCUT2D eigenvalue weighted by Gasteiger charge is 2.17. The van der Waals surface area contributed by atoms with E-state index < -0.39 is 0 Å². The molecule has 0 unspecified atom stereocenters. The SMILES string of the molecule is CCOc1cc2c(cc1C=Nc1cccc(C(=O)OC)c1C)OCO2. The molecular weight excluding hydrogens is 322 g/mol. The number of hydrogen-bond donors (Lipinski definition) is 0. The number of carbonyl (C=O) groups is 1. The van der Waals surface area contributed by atoms with Gasteiger partial charge in [-0.05, 0) is 37.6 Å². The smallest absolute Gasteiger partial charge is 0.338 e. The zero-order chi connectivity index (χ0) is 17.8. The summed E-state index contributed by atoms with van der Waals surface area (Å²) in [7, 11) is 1.36. The third-order valence-electron chi connectivity index (χ3n) is 3.86. The van der Waals surface area contributed by atoms with Crippen LogP contribution in [-0.4, -0.2) is 32.7 Å². The molecule has 0 amide bonds. The van der Waals surface area contributed by atoms with Crippen molar-refractivity contribution < 1.29 is 23.7 Å². The minimum atomic E-state index is -0.382. The Labute approximate surface area is 146 Å². The third kappa shape index (κ3) is 3.42. The van der Waals surface area contributed by atoms with Gasteiger partial charge in [0.15, 0.2) is 11.5 Å². The summed E-state index contributed by atoms with van der Waals surface area (Å²) in [5, 5.41) is 0. The zero-order valence-electron chi connectivity index (χ0n) is 14.4. The molecule has 25 heavy (non-hydrogen) atoms. The first-order valence-electron chi connectivity index (χ1n) is 7.92. The Bertz CT molecular complexity index is 829. The Hall–Kier alpha value is -3.02. The molecule has 0 aromatic heterocycles. The van der Waals surface area contributed by atoms with Crippen LogP contribution in [0.15, 0.2) is 35.3 Å². The molecule has 1 aliphatic heterocycles. The van der Waals surface area contributed by atoms with Gasteiger partial charge in [0.05, 0.1) is 25.0 Å². The van der Waals surface area contributed by atoms with Crippen LogP contribution in [0.4, 0.5) is 5.69 Å². The van der Waals surface area contributed by atoms with Gasteiger partial charge in [-0.25, -0.2) is 4.79 Å². The number of nitrogens with zero attached hydrogens (tertiary/aromatic N) is 1. The summed E-state index contributed by atoms with van der Waals surface area (Å²) in [6.45, 7) is 4.47. The highest BCUT2D eigenvalue weighted by Crippen LogP contribution is 2.37. The van der Waals surface area contributed by atoms with Crippen LogP contribution in [0.3, 0.4) is 0 Å². The fourth-order valence-corrected chi connectivity index (χ4v) is 2.55. The predicted octanol–water partition coefficient (Wildman–Crippen LogP) is 3.66. The zero-order valence-corrected chi connectivity index (χ0v) is 14.4. The fraction of sp³-hybridized carbons (Fsp3) is 0.263. The Kier molecular flexibility index (Phi) is 4.88. The second-order valence-electron chi connectivity index (χ2n) is 5.38. The standard InChI is InChI=1S/C19H19NO5/c1-4-23-16-9-18-17(24-11-25-18)8-13(16)10-20-15-7-5-6-14(12(15)2)19(21)22-3/h5-10H,4,11H2,1-3H3. The van der Waals surface area contributed by atoms with E-state index in [4.69, 9.17) is 18.9 Å². The second-order valence-corrected chi connectivity index (χ2v) is 5.38. The molecule has 1 heterocycles. The molecule has 3 rings (SSSR count).